The van der Waals surface area contributed by atoms with Crippen molar-refractivity contribution in [2.24, 2.45) is 0 Å². The van der Waals surface area contributed by atoms with Crippen LogP contribution in [-0.4, -0.2) is 78.5 Å². The molecular weight excluding hydrogens is 568 g/mol. The third-order valence-corrected chi connectivity index (χ3v) is 7.28. The van der Waals surface area contributed by atoms with E-state index in [1.54, 1.807) is 59.5 Å². The molecule has 0 bridgehead atoms. The van der Waals surface area contributed by atoms with Gasteiger partial charge in [-0.2, -0.15) is 5.21 Å². The summed E-state index contributed by atoms with van der Waals surface area (Å²) in [6, 6.07) is 17.9. The first-order chi connectivity index (χ1) is 21.3. The monoisotopic (exact) mass is 598 g/mol. The number of likely N-dealkylation sites (tertiary alicyclic amines) is 1. The molecule has 226 valence electrons. The van der Waals surface area contributed by atoms with E-state index in [9.17, 15) is 29.6 Å². The van der Waals surface area contributed by atoms with Gasteiger partial charge in [0.2, 0.25) is 5.82 Å². The van der Waals surface area contributed by atoms with Crippen molar-refractivity contribution in [1.82, 2.24) is 30.8 Å². The molecule has 1 aromatic heterocycles. The van der Waals surface area contributed by atoms with Gasteiger partial charge in [-0.3, -0.25) is 24.5 Å². The Kier molecular flexibility index (Phi) is 9.30. The number of aromatic amines is 1. The van der Waals surface area contributed by atoms with Crippen molar-refractivity contribution < 1.29 is 24.4 Å². The van der Waals surface area contributed by atoms with E-state index in [4.69, 9.17) is 0 Å². The average Bonchev–Trinajstić information content (AvgIpc) is 3.60. The zero-order valence-electron chi connectivity index (χ0n) is 23.6. The minimum atomic E-state index is -1.72. The normalized spacial score (nSPS) is 14.3. The van der Waals surface area contributed by atoms with E-state index < -0.39 is 40.5 Å². The quantitative estimate of drug-likeness (QED) is 0.157. The van der Waals surface area contributed by atoms with Crippen LogP contribution in [0.4, 0.5) is 11.4 Å². The second-order valence-corrected chi connectivity index (χ2v) is 10.4. The molecule has 0 radical (unpaired) electrons. The number of aromatic nitrogens is 4. The summed E-state index contributed by atoms with van der Waals surface area (Å²) in [5.41, 5.74) is 1.10. The highest BCUT2D eigenvalue weighted by Gasteiger charge is 2.30. The minimum absolute atomic E-state index is 0.0191. The van der Waals surface area contributed by atoms with Gasteiger partial charge in [0.05, 0.1) is 11.0 Å². The highest BCUT2D eigenvalue weighted by atomic mass is 16.6. The molecule has 0 saturated carbocycles. The zero-order chi connectivity index (χ0) is 31.1. The molecule has 3 aromatic carbocycles. The van der Waals surface area contributed by atoms with Gasteiger partial charge in [-0.25, -0.2) is 0 Å². The number of nitro benzene ring substituents is 1. The van der Waals surface area contributed by atoms with Crippen molar-refractivity contribution in [2.45, 2.75) is 37.8 Å². The number of aliphatic hydroxyl groups excluding tert-OH is 1. The van der Waals surface area contributed by atoms with Gasteiger partial charge >= 0.3 is 0 Å². The van der Waals surface area contributed by atoms with Crippen LogP contribution in [0.15, 0.2) is 72.8 Å². The molecule has 14 nitrogen and oxygen atoms in total. The lowest BCUT2D eigenvalue weighted by molar-refractivity contribution is -0.384. The minimum Gasteiger partial charge on any atom is -0.381 e. The topological polar surface area (TPSA) is 196 Å². The summed E-state index contributed by atoms with van der Waals surface area (Å²) in [5.74, 6) is -1.67. The number of carbonyl (C=O) groups is 3. The molecular formula is C30H30N8O6. The zero-order valence-corrected chi connectivity index (χ0v) is 23.6. The summed E-state index contributed by atoms with van der Waals surface area (Å²) >= 11 is 0. The van der Waals surface area contributed by atoms with Gasteiger partial charge in [0.1, 0.15) is 0 Å². The highest BCUT2D eigenvalue weighted by molar-refractivity contribution is 6.01. The first-order valence-electron chi connectivity index (χ1n) is 14.0. The number of carbonyl (C=O) groups excluding carboxylic acids is 3. The Hall–Kier alpha value is -5.50. The van der Waals surface area contributed by atoms with Crippen LogP contribution in [0, 0.1) is 10.1 Å². The molecule has 0 aliphatic carbocycles. The summed E-state index contributed by atoms with van der Waals surface area (Å²) in [6.07, 6.45) is 1.00. The molecule has 44 heavy (non-hydrogen) atoms. The third-order valence-electron chi connectivity index (χ3n) is 7.28. The van der Waals surface area contributed by atoms with Crippen LogP contribution < -0.4 is 10.6 Å². The van der Waals surface area contributed by atoms with Gasteiger partial charge in [0.25, 0.3) is 23.4 Å². The number of aliphatic hydroxyl groups is 1. The van der Waals surface area contributed by atoms with Crippen LogP contribution in [0.1, 0.15) is 45.5 Å². The fourth-order valence-electron chi connectivity index (χ4n) is 5.03. The maximum Gasteiger partial charge on any atom is 0.271 e. The number of tetrazole rings is 1. The molecule has 1 aliphatic rings. The lowest BCUT2D eigenvalue weighted by Crippen LogP contribution is -2.50. The number of amides is 3. The highest BCUT2D eigenvalue weighted by Crippen LogP contribution is 2.22. The number of benzene rings is 3. The van der Waals surface area contributed by atoms with E-state index in [1.807, 2.05) is 0 Å². The summed E-state index contributed by atoms with van der Waals surface area (Å²) in [5, 5.41) is 41.9. The van der Waals surface area contributed by atoms with Gasteiger partial charge < -0.3 is 20.6 Å². The molecule has 0 spiro atoms. The predicted octanol–water partition coefficient (Wildman–Crippen LogP) is 2.74. The molecule has 3 amide bonds. The lowest BCUT2D eigenvalue weighted by Gasteiger charge is -2.27. The van der Waals surface area contributed by atoms with Gasteiger partial charge in [0.15, 0.2) is 6.10 Å². The van der Waals surface area contributed by atoms with Crippen LogP contribution in [0.3, 0.4) is 0 Å². The SMILES string of the molecule is O=C(N[C@@H](Cc1ccccc1)[C@H](O)C(=O)Nc1cccc(-c2nn[nH]n2)c1)c1cc(C(=O)N2CCCCC2)cc([N+](=O)[O-])c1. The van der Waals surface area contributed by atoms with Crippen molar-refractivity contribution in [2.75, 3.05) is 18.4 Å². The van der Waals surface area contributed by atoms with Crippen LogP contribution in [-0.2, 0) is 11.2 Å². The third kappa shape index (κ3) is 7.28. The predicted molar refractivity (Wildman–Crippen MR) is 159 cm³/mol. The number of H-pyrrole nitrogens is 1. The Morgan fingerprint density at radius 3 is 2.43 bits per heavy atom. The van der Waals surface area contributed by atoms with Crippen LogP contribution in [0.25, 0.3) is 11.4 Å². The Bertz CT molecular complexity index is 1640. The molecule has 1 saturated heterocycles. The van der Waals surface area contributed by atoms with Crippen LogP contribution >= 0.6 is 0 Å². The number of piperidine rings is 1. The van der Waals surface area contributed by atoms with Gasteiger partial charge in [-0.1, -0.05) is 42.5 Å². The van der Waals surface area contributed by atoms with Crippen molar-refractivity contribution >= 4 is 29.1 Å². The Balaban J connectivity index is 1.38. The fraction of sp³-hybridized carbons (Fsp3) is 0.267. The van der Waals surface area contributed by atoms with E-state index in [1.165, 1.54) is 6.07 Å². The van der Waals surface area contributed by atoms with Crippen LogP contribution in [0.5, 0.6) is 0 Å². The fourth-order valence-corrected chi connectivity index (χ4v) is 5.03. The molecule has 0 unspecified atom stereocenters. The number of anilines is 1. The first-order valence-corrected chi connectivity index (χ1v) is 14.0. The van der Waals surface area contributed by atoms with Gasteiger partial charge in [-0.05, 0) is 54.7 Å². The maximum absolute atomic E-state index is 13.5. The van der Waals surface area contributed by atoms with Gasteiger partial charge in [-0.15, -0.1) is 10.2 Å². The van der Waals surface area contributed by atoms with Crippen molar-refractivity contribution in [1.29, 1.82) is 0 Å². The maximum atomic E-state index is 13.5. The standard InChI is InChI=1S/C30H30N8O6/c39-26(29(41)31-23-11-7-10-20(16-23)27-33-35-36-34-27)25(14-19-8-3-1-4-9-19)32-28(40)21-15-22(18-24(17-21)38(43)44)30(42)37-12-5-2-6-13-37/h1,3-4,7-11,15-18,25-26,39H,2,5-6,12-14H2,(H,31,41)(H,32,40)(H,33,34,35,36)/t25-,26-/m0/s1. The second-order valence-electron chi connectivity index (χ2n) is 10.4. The van der Waals surface area contributed by atoms with Crippen LogP contribution in [0.2, 0.25) is 0 Å². The molecule has 2 heterocycles. The van der Waals surface area contributed by atoms with E-state index in [2.05, 4.69) is 31.3 Å². The number of non-ortho nitro benzene ring substituents is 1. The number of nitrogens with zero attached hydrogens (tertiary/aromatic N) is 5. The molecule has 14 heteroatoms. The molecule has 2 atom stereocenters. The van der Waals surface area contributed by atoms with E-state index in [0.717, 1.165) is 37.0 Å². The van der Waals surface area contributed by atoms with Crippen molar-refractivity contribution in [3.63, 3.8) is 0 Å². The Labute approximate surface area is 251 Å². The molecule has 5 rings (SSSR count). The largest absolute Gasteiger partial charge is 0.381 e. The molecule has 4 N–H and O–H groups in total. The van der Waals surface area contributed by atoms with E-state index in [-0.39, 0.29) is 17.5 Å². The van der Waals surface area contributed by atoms with Crippen molar-refractivity contribution in [3.05, 3.63) is 99.6 Å². The lowest BCUT2D eigenvalue weighted by atomic mass is 9.99. The van der Waals surface area contributed by atoms with E-state index >= 15 is 0 Å². The second kappa shape index (κ2) is 13.6. The smallest absolute Gasteiger partial charge is 0.271 e. The Morgan fingerprint density at radius 1 is 0.977 bits per heavy atom. The van der Waals surface area contributed by atoms with Crippen molar-refractivity contribution in [3.8, 4) is 11.4 Å². The molecule has 4 aromatic rings. The molecule has 1 aliphatic heterocycles. The van der Waals surface area contributed by atoms with E-state index in [0.29, 0.717) is 30.2 Å². The number of nitrogens with one attached hydrogen (secondary N) is 3. The summed E-state index contributed by atoms with van der Waals surface area (Å²) in [7, 11) is 0. The number of hydrogen-bond donors (Lipinski definition) is 4. The average molecular weight is 599 g/mol. The number of hydrogen-bond acceptors (Lipinski definition) is 9. The summed E-state index contributed by atoms with van der Waals surface area (Å²) in [6.45, 7) is 1.06. The first kappa shape index (κ1) is 30.0. The Morgan fingerprint density at radius 2 is 1.73 bits per heavy atom. The number of nitro groups is 1. The number of rotatable bonds is 10. The van der Waals surface area contributed by atoms with Gasteiger partial charge in [0, 0.05) is 47.6 Å². The molecule has 1 fully saturated rings. The summed E-state index contributed by atoms with van der Waals surface area (Å²) in [4.78, 5) is 52.5. The summed E-state index contributed by atoms with van der Waals surface area (Å²) < 4.78 is 0.